The molecule has 1 aromatic rings. The average molecular weight is 350 g/mol. The number of esters is 1. The number of anilines is 1. The number of hydrogen-bond acceptors (Lipinski definition) is 8. The summed E-state index contributed by atoms with van der Waals surface area (Å²) in [5.41, 5.74) is 0.368. The molecule has 2 heterocycles. The highest BCUT2D eigenvalue weighted by atomic mass is 16.5. The van der Waals surface area contributed by atoms with Crippen molar-refractivity contribution in [3.63, 3.8) is 0 Å². The number of aromatic nitrogens is 2. The van der Waals surface area contributed by atoms with Crippen LogP contribution in [0.3, 0.4) is 0 Å². The molecule has 8 nitrogen and oxygen atoms in total. The van der Waals surface area contributed by atoms with Gasteiger partial charge < -0.3 is 14.4 Å². The van der Waals surface area contributed by atoms with Crippen molar-refractivity contribution in [3.8, 4) is 0 Å². The maximum atomic E-state index is 11.6. The van der Waals surface area contributed by atoms with E-state index in [1.54, 1.807) is 13.8 Å². The Morgan fingerprint density at radius 3 is 2.40 bits per heavy atom. The Balaban J connectivity index is 1.71. The van der Waals surface area contributed by atoms with E-state index >= 15 is 0 Å². The summed E-state index contributed by atoms with van der Waals surface area (Å²) in [7, 11) is 0. The minimum Gasteiger partial charge on any atom is -0.462 e. The Hall–Kier alpha value is -2.06. The summed E-state index contributed by atoms with van der Waals surface area (Å²) in [5, 5.41) is 0. The highest BCUT2D eigenvalue weighted by Gasteiger charge is 2.19. The lowest BCUT2D eigenvalue weighted by Gasteiger charge is -2.34. The Labute approximate surface area is 148 Å². The first kappa shape index (κ1) is 19.3. The highest BCUT2D eigenvalue weighted by Crippen LogP contribution is 2.11. The first-order chi connectivity index (χ1) is 12.1. The summed E-state index contributed by atoms with van der Waals surface area (Å²) in [6.07, 6.45) is 3.50. The molecule has 1 saturated heterocycles. The monoisotopic (exact) mass is 350 g/mol. The van der Waals surface area contributed by atoms with Crippen molar-refractivity contribution < 1.29 is 19.1 Å². The van der Waals surface area contributed by atoms with E-state index < -0.39 is 5.97 Å². The summed E-state index contributed by atoms with van der Waals surface area (Å²) >= 11 is 0. The Kier molecular flexibility index (Phi) is 7.75. The van der Waals surface area contributed by atoms with E-state index in [-0.39, 0.29) is 5.78 Å². The van der Waals surface area contributed by atoms with E-state index in [9.17, 15) is 9.59 Å². The molecule has 1 fully saturated rings. The van der Waals surface area contributed by atoms with E-state index in [4.69, 9.17) is 9.47 Å². The first-order valence-electron chi connectivity index (χ1n) is 8.63. The quantitative estimate of drug-likeness (QED) is 0.477. The predicted octanol–water partition coefficient (Wildman–Crippen LogP) is 0.771. The molecule has 1 aliphatic rings. The number of piperazine rings is 1. The molecule has 0 aromatic carbocycles. The van der Waals surface area contributed by atoms with Crippen LogP contribution in [0.5, 0.6) is 0 Å². The van der Waals surface area contributed by atoms with Crippen molar-refractivity contribution in [3.05, 3.63) is 18.0 Å². The lowest BCUT2D eigenvalue weighted by molar-refractivity contribution is -0.118. The van der Waals surface area contributed by atoms with E-state index in [1.165, 1.54) is 12.4 Å². The molecule has 0 spiro atoms. The summed E-state index contributed by atoms with van der Waals surface area (Å²) in [5.74, 6) is 0.386. The third-order valence-electron chi connectivity index (χ3n) is 3.95. The number of carbonyl (C=O) groups is 2. The van der Waals surface area contributed by atoms with Crippen LogP contribution in [-0.2, 0) is 14.3 Å². The molecule has 0 amide bonds. The van der Waals surface area contributed by atoms with Crippen LogP contribution in [0, 0.1) is 0 Å². The van der Waals surface area contributed by atoms with Crippen LogP contribution in [0.25, 0.3) is 0 Å². The second kappa shape index (κ2) is 10.0. The standard InChI is InChI=1S/C17H26N4O4/c1-3-25-16(23)15-12-18-17(19-13-15)21-7-5-20(6-8-21)9-11-24-10-4-14(2)22/h12-13H,3-11H2,1-2H3. The van der Waals surface area contributed by atoms with Crippen molar-refractivity contribution in [2.45, 2.75) is 20.3 Å². The normalized spacial score (nSPS) is 15.2. The molecule has 25 heavy (non-hydrogen) atoms. The van der Waals surface area contributed by atoms with Gasteiger partial charge in [0.05, 0.1) is 25.4 Å². The Bertz CT molecular complexity index is 556. The fraction of sp³-hybridized carbons (Fsp3) is 0.647. The molecule has 138 valence electrons. The minimum absolute atomic E-state index is 0.155. The molecular formula is C17H26N4O4. The summed E-state index contributed by atoms with van der Waals surface area (Å²) in [6, 6.07) is 0. The molecule has 1 aromatic heterocycles. The molecule has 0 aliphatic carbocycles. The number of ether oxygens (including phenoxy) is 2. The zero-order valence-corrected chi connectivity index (χ0v) is 14.9. The van der Waals surface area contributed by atoms with Gasteiger partial charge in [0.15, 0.2) is 0 Å². The zero-order valence-electron chi connectivity index (χ0n) is 14.9. The third-order valence-corrected chi connectivity index (χ3v) is 3.95. The van der Waals surface area contributed by atoms with E-state index in [0.29, 0.717) is 37.8 Å². The number of nitrogens with zero attached hydrogens (tertiary/aromatic N) is 4. The van der Waals surface area contributed by atoms with Crippen LogP contribution < -0.4 is 4.90 Å². The summed E-state index contributed by atoms with van der Waals surface area (Å²) in [6.45, 7) is 9.12. The average Bonchev–Trinajstić information content (AvgIpc) is 2.62. The van der Waals surface area contributed by atoms with Gasteiger partial charge in [0.25, 0.3) is 0 Å². The van der Waals surface area contributed by atoms with Gasteiger partial charge in [0.1, 0.15) is 5.78 Å². The maximum Gasteiger partial charge on any atom is 0.341 e. The smallest absolute Gasteiger partial charge is 0.341 e. The topological polar surface area (TPSA) is 84.9 Å². The fourth-order valence-corrected chi connectivity index (χ4v) is 2.49. The third kappa shape index (κ3) is 6.39. The second-order valence-corrected chi connectivity index (χ2v) is 5.89. The van der Waals surface area contributed by atoms with Gasteiger partial charge in [-0.05, 0) is 13.8 Å². The van der Waals surface area contributed by atoms with Crippen LogP contribution in [0.2, 0.25) is 0 Å². The number of Topliss-reactive ketones (excluding diaryl/α,β-unsaturated/α-hetero) is 1. The number of carbonyl (C=O) groups excluding carboxylic acids is 2. The molecular weight excluding hydrogens is 324 g/mol. The van der Waals surface area contributed by atoms with Gasteiger partial charge in [-0.2, -0.15) is 0 Å². The van der Waals surface area contributed by atoms with Gasteiger partial charge in [-0.3, -0.25) is 9.69 Å². The lowest BCUT2D eigenvalue weighted by atomic mass is 10.3. The Morgan fingerprint density at radius 1 is 1.12 bits per heavy atom. The van der Waals surface area contributed by atoms with Gasteiger partial charge in [-0.1, -0.05) is 0 Å². The fourth-order valence-electron chi connectivity index (χ4n) is 2.49. The summed E-state index contributed by atoms with van der Waals surface area (Å²) in [4.78, 5) is 35.4. The van der Waals surface area contributed by atoms with Crippen molar-refractivity contribution in [2.24, 2.45) is 0 Å². The van der Waals surface area contributed by atoms with Crippen LogP contribution >= 0.6 is 0 Å². The number of rotatable bonds is 9. The van der Waals surface area contributed by atoms with Crippen LogP contribution in [-0.4, -0.2) is 79.2 Å². The molecule has 8 heteroatoms. The van der Waals surface area contributed by atoms with Crippen LogP contribution in [0.4, 0.5) is 5.95 Å². The van der Waals surface area contributed by atoms with Crippen LogP contribution in [0.15, 0.2) is 12.4 Å². The van der Waals surface area contributed by atoms with Crippen molar-refractivity contribution >= 4 is 17.7 Å². The summed E-state index contributed by atoms with van der Waals surface area (Å²) < 4.78 is 10.4. The van der Waals surface area contributed by atoms with Gasteiger partial charge in [0, 0.05) is 51.5 Å². The predicted molar refractivity (Wildman–Crippen MR) is 92.8 cm³/mol. The molecule has 0 N–H and O–H groups in total. The van der Waals surface area contributed by atoms with Gasteiger partial charge in [0.2, 0.25) is 5.95 Å². The van der Waals surface area contributed by atoms with E-state index in [0.717, 1.165) is 32.7 Å². The molecule has 0 saturated carbocycles. The number of hydrogen-bond donors (Lipinski definition) is 0. The van der Waals surface area contributed by atoms with Crippen LogP contribution in [0.1, 0.15) is 30.6 Å². The van der Waals surface area contributed by atoms with Crippen molar-refractivity contribution in [2.75, 3.05) is 57.4 Å². The first-order valence-corrected chi connectivity index (χ1v) is 8.63. The second-order valence-electron chi connectivity index (χ2n) is 5.89. The molecule has 0 bridgehead atoms. The molecule has 0 unspecified atom stereocenters. The molecule has 2 rings (SSSR count). The molecule has 0 radical (unpaired) electrons. The number of ketones is 1. The van der Waals surface area contributed by atoms with Gasteiger partial charge in [-0.15, -0.1) is 0 Å². The van der Waals surface area contributed by atoms with Gasteiger partial charge in [-0.25, -0.2) is 14.8 Å². The molecule has 0 atom stereocenters. The zero-order chi connectivity index (χ0) is 18.1. The SMILES string of the molecule is CCOC(=O)c1cnc(N2CCN(CCOCCC(C)=O)CC2)nc1. The lowest BCUT2D eigenvalue weighted by Crippen LogP contribution is -2.47. The minimum atomic E-state index is -0.399. The van der Waals surface area contributed by atoms with Gasteiger partial charge >= 0.3 is 5.97 Å². The Morgan fingerprint density at radius 2 is 1.80 bits per heavy atom. The largest absolute Gasteiger partial charge is 0.462 e. The molecule has 1 aliphatic heterocycles. The highest BCUT2D eigenvalue weighted by molar-refractivity contribution is 5.88. The van der Waals surface area contributed by atoms with E-state index in [1.807, 2.05) is 0 Å². The van der Waals surface area contributed by atoms with E-state index in [2.05, 4.69) is 19.8 Å². The van der Waals surface area contributed by atoms with Crippen molar-refractivity contribution in [1.29, 1.82) is 0 Å². The van der Waals surface area contributed by atoms with Crippen molar-refractivity contribution in [1.82, 2.24) is 14.9 Å². The maximum absolute atomic E-state index is 11.6.